The maximum Gasteiger partial charge on any atom is 0.240 e. The summed E-state index contributed by atoms with van der Waals surface area (Å²) >= 11 is 0. The summed E-state index contributed by atoms with van der Waals surface area (Å²) in [4.78, 5) is 14.5. The summed E-state index contributed by atoms with van der Waals surface area (Å²) in [6.07, 6.45) is 7.34. The van der Waals surface area contributed by atoms with E-state index in [1.54, 1.807) is 11.9 Å². The second kappa shape index (κ2) is 10.2. The van der Waals surface area contributed by atoms with Crippen LogP contribution in [0.15, 0.2) is 36.4 Å². The van der Waals surface area contributed by atoms with Gasteiger partial charge in [0.25, 0.3) is 0 Å². The largest absolute Gasteiger partial charge is 0.344 e. The number of nitrogens with zero attached hydrogens (tertiary/aromatic N) is 3. The fraction of sp³-hybridized carbons (Fsp3) is 0.545. The molecule has 0 bridgehead atoms. The van der Waals surface area contributed by atoms with Crippen LogP contribution in [-0.2, 0) is 21.2 Å². The first kappa shape index (κ1) is 22.5. The van der Waals surface area contributed by atoms with E-state index >= 15 is 0 Å². The number of piperidine rings is 1. The molecule has 2 heterocycles. The van der Waals surface area contributed by atoms with Gasteiger partial charge in [0, 0.05) is 31.4 Å². The van der Waals surface area contributed by atoms with Crippen LogP contribution in [0.3, 0.4) is 0 Å². The second-order valence-corrected chi connectivity index (χ2v) is 10.0. The Bertz CT molecular complexity index is 927. The predicted octanol–water partition coefficient (Wildman–Crippen LogP) is 3.06. The average molecular weight is 433 g/mol. The molecule has 164 valence electrons. The second-order valence-electron chi connectivity index (χ2n) is 8.10. The molecule has 0 aliphatic carbocycles. The van der Waals surface area contributed by atoms with E-state index in [0.29, 0.717) is 19.5 Å². The van der Waals surface area contributed by atoms with Gasteiger partial charge >= 0.3 is 0 Å². The SMILES string of the molecule is CN(CCCCCc1cc(-c2ccccc2)n[nH]1)C(=O)C1CCCCN1S(C)(=O)=O. The monoisotopic (exact) mass is 432 g/mol. The van der Waals surface area contributed by atoms with Crippen molar-refractivity contribution in [2.75, 3.05) is 26.4 Å². The Labute approximate surface area is 179 Å². The van der Waals surface area contributed by atoms with Crippen LogP contribution in [0, 0.1) is 0 Å². The smallest absolute Gasteiger partial charge is 0.240 e. The normalized spacial score (nSPS) is 17.7. The Morgan fingerprint density at radius 2 is 1.97 bits per heavy atom. The molecule has 2 aromatic rings. The molecule has 30 heavy (non-hydrogen) atoms. The summed E-state index contributed by atoms with van der Waals surface area (Å²) in [5.74, 6) is -0.0822. The minimum absolute atomic E-state index is 0.0822. The van der Waals surface area contributed by atoms with Gasteiger partial charge in [0.15, 0.2) is 0 Å². The Morgan fingerprint density at radius 3 is 2.70 bits per heavy atom. The lowest BCUT2D eigenvalue weighted by atomic mass is 10.0. The number of benzene rings is 1. The summed E-state index contributed by atoms with van der Waals surface area (Å²) in [5, 5.41) is 7.49. The zero-order valence-corrected chi connectivity index (χ0v) is 18.7. The molecule has 0 spiro atoms. The molecular formula is C22H32N4O3S. The van der Waals surface area contributed by atoms with Crippen LogP contribution in [0.1, 0.15) is 44.2 Å². The van der Waals surface area contributed by atoms with Gasteiger partial charge in [-0.3, -0.25) is 9.89 Å². The topological polar surface area (TPSA) is 86.4 Å². The highest BCUT2D eigenvalue weighted by Gasteiger charge is 2.35. The van der Waals surface area contributed by atoms with Gasteiger partial charge in [-0.15, -0.1) is 0 Å². The number of aryl methyl sites for hydroxylation is 1. The van der Waals surface area contributed by atoms with Crippen molar-refractivity contribution in [1.82, 2.24) is 19.4 Å². The summed E-state index contributed by atoms with van der Waals surface area (Å²) in [5.41, 5.74) is 3.18. The quantitative estimate of drug-likeness (QED) is 0.617. The van der Waals surface area contributed by atoms with E-state index in [4.69, 9.17) is 0 Å². The number of hydrogen-bond donors (Lipinski definition) is 1. The number of rotatable bonds is 9. The highest BCUT2D eigenvalue weighted by molar-refractivity contribution is 7.88. The lowest BCUT2D eigenvalue weighted by Gasteiger charge is -2.35. The third kappa shape index (κ3) is 5.92. The zero-order valence-electron chi connectivity index (χ0n) is 17.9. The van der Waals surface area contributed by atoms with Crippen LogP contribution in [-0.4, -0.2) is 66.2 Å². The minimum atomic E-state index is -3.36. The first-order valence-corrected chi connectivity index (χ1v) is 12.5. The van der Waals surface area contributed by atoms with Gasteiger partial charge in [-0.25, -0.2) is 8.42 Å². The summed E-state index contributed by atoms with van der Waals surface area (Å²) in [6.45, 7) is 1.09. The number of sulfonamides is 1. The van der Waals surface area contributed by atoms with Crippen molar-refractivity contribution in [1.29, 1.82) is 0 Å². The van der Waals surface area contributed by atoms with Crippen LogP contribution in [0.25, 0.3) is 11.3 Å². The minimum Gasteiger partial charge on any atom is -0.344 e. The van der Waals surface area contributed by atoms with Crippen molar-refractivity contribution < 1.29 is 13.2 Å². The molecule has 8 heteroatoms. The first-order chi connectivity index (χ1) is 14.4. The number of unbranched alkanes of at least 4 members (excludes halogenated alkanes) is 2. The molecule has 1 aliphatic heterocycles. The molecular weight excluding hydrogens is 400 g/mol. The van der Waals surface area contributed by atoms with E-state index in [1.807, 2.05) is 30.3 Å². The number of nitrogens with one attached hydrogen (secondary N) is 1. The standard InChI is InChI=1S/C22H32N4O3S/c1-25(22(27)21-14-8-10-16-26(21)30(2,28)29)15-9-4-7-13-19-17-20(24-23-19)18-11-5-3-6-12-18/h3,5-6,11-12,17,21H,4,7-10,13-16H2,1-2H3,(H,23,24). The van der Waals surface area contributed by atoms with Crippen molar-refractivity contribution >= 4 is 15.9 Å². The number of likely N-dealkylation sites (N-methyl/N-ethyl adjacent to an activating group) is 1. The fourth-order valence-electron chi connectivity index (χ4n) is 4.00. The van der Waals surface area contributed by atoms with Crippen molar-refractivity contribution in [2.24, 2.45) is 0 Å². The molecule has 1 aliphatic rings. The van der Waals surface area contributed by atoms with E-state index < -0.39 is 16.1 Å². The number of aromatic amines is 1. The van der Waals surface area contributed by atoms with Gasteiger partial charge in [-0.05, 0) is 38.2 Å². The van der Waals surface area contributed by atoms with Crippen LogP contribution in [0.2, 0.25) is 0 Å². The van der Waals surface area contributed by atoms with Crippen LogP contribution in [0.5, 0.6) is 0 Å². The molecule has 1 aromatic heterocycles. The molecule has 7 nitrogen and oxygen atoms in total. The Morgan fingerprint density at radius 1 is 1.20 bits per heavy atom. The fourth-order valence-corrected chi connectivity index (χ4v) is 5.12. The number of carbonyl (C=O) groups excluding carboxylic acids is 1. The van der Waals surface area contributed by atoms with Gasteiger partial charge in [0.2, 0.25) is 15.9 Å². The number of carbonyl (C=O) groups is 1. The molecule has 0 saturated carbocycles. The van der Waals surface area contributed by atoms with E-state index in [2.05, 4.69) is 16.3 Å². The molecule has 1 atom stereocenters. The molecule has 1 amide bonds. The average Bonchev–Trinajstić information content (AvgIpc) is 3.22. The van der Waals surface area contributed by atoms with Gasteiger partial charge in [0.1, 0.15) is 6.04 Å². The van der Waals surface area contributed by atoms with Gasteiger partial charge in [-0.1, -0.05) is 43.2 Å². The summed E-state index contributed by atoms with van der Waals surface area (Å²) in [7, 11) is -1.58. The maximum atomic E-state index is 12.8. The first-order valence-electron chi connectivity index (χ1n) is 10.7. The molecule has 1 aromatic carbocycles. The lowest BCUT2D eigenvalue weighted by Crippen LogP contribution is -2.52. The van der Waals surface area contributed by atoms with Crippen LogP contribution >= 0.6 is 0 Å². The van der Waals surface area contributed by atoms with Crippen molar-refractivity contribution in [2.45, 2.75) is 51.0 Å². The van der Waals surface area contributed by atoms with Gasteiger partial charge in [0.05, 0.1) is 11.9 Å². The van der Waals surface area contributed by atoms with Gasteiger partial charge < -0.3 is 4.90 Å². The number of aromatic nitrogens is 2. The Balaban J connectivity index is 1.41. The third-order valence-corrected chi connectivity index (χ3v) is 6.97. The molecule has 3 rings (SSSR count). The van der Waals surface area contributed by atoms with Crippen molar-refractivity contribution in [3.63, 3.8) is 0 Å². The van der Waals surface area contributed by atoms with Crippen LogP contribution < -0.4 is 0 Å². The molecule has 1 N–H and O–H groups in total. The van der Waals surface area contributed by atoms with E-state index in [9.17, 15) is 13.2 Å². The Kier molecular flexibility index (Phi) is 7.66. The third-order valence-electron chi connectivity index (χ3n) is 5.68. The van der Waals surface area contributed by atoms with E-state index in [0.717, 1.165) is 55.5 Å². The number of amides is 1. The van der Waals surface area contributed by atoms with Gasteiger partial charge in [-0.2, -0.15) is 9.40 Å². The molecule has 1 unspecified atom stereocenters. The number of H-pyrrole nitrogens is 1. The van der Waals surface area contributed by atoms with Crippen molar-refractivity contribution in [3.8, 4) is 11.3 Å². The predicted molar refractivity (Wildman–Crippen MR) is 118 cm³/mol. The van der Waals surface area contributed by atoms with E-state index in [-0.39, 0.29) is 5.91 Å². The maximum absolute atomic E-state index is 12.8. The summed E-state index contributed by atoms with van der Waals surface area (Å²) in [6, 6.07) is 11.6. The zero-order chi connectivity index (χ0) is 21.6. The Hall–Kier alpha value is -2.19. The van der Waals surface area contributed by atoms with E-state index in [1.165, 1.54) is 10.6 Å². The lowest BCUT2D eigenvalue weighted by molar-refractivity contribution is -0.134. The highest BCUT2D eigenvalue weighted by Crippen LogP contribution is 2.22. The van der Waals surface area contributed by atoms with Crippen molar-refractivity contribution in [3.05, 3.63) is 42.1 Å². The highest BCUT2D eigenvalue weighted by atomic mass is 32.2. The molecule has 1 saturated heterocycles. The molecule has 0 radical (unpaired) electrons. The van der Waals surface area contributed by atoms with Crippen LogP contribution in [0.4, 0.5) is 0 Å². The number of hydrogen-bond acceptors (Lipinski definition) is 4. The molecule has 1 fully saturated rings. The summed E-state index contributed by atoms with van der Waals surface area (Å²) < 4.78 is 25.4.